The Kier molecular flexibility index (Phi) is 4.00. The average molecular weight is 246 g/mol. The highest BCUT2D eigenvalue weighted by Crippen LogP contribution is 2.36. The van der Waals surface area contributed by atoms with Gasteiger partial charge in [0.2, 0.25) is 0 Å². The van der Waals surface area contributed by atoms with Crippen molar-refractivity contribution in [1.82, 2.24) is 0 Å². The number of alkyl halides is 1. The molecule has 0 fully saturated rings. The highest BCUT2D eigenvalue weighted by molar-refractivity contribution is 6.33. The zero-order valence-corrected chi connectivity index (χ0v) is 9.09. The van der Waals surface area contributed by atoms with Gasteiger partial charge in [-0.2, -0.15) is 0 Å². The summed E-state index contributed by atoms with van der Waals surface area (Å²) in [5.41, 5.74) is 0.302. The van der Waals surface area contributed by atoms with Crippen molar-refractivity contribution in [2.75, 3.05) is 0 Å². The second-order valence-corrected chi connectivity index (χ2v) is 3.39. The number of hydrogen-bond donors (Lipinski definition) is 0. The summed E-state index contributed by atoms with van der Waals surface area (Å²) < 4.78 is 9.42. The van der Waals surface area contributed by atoms with Crippen LogP contribution in [0.1, 0.15) is 5.56 Å². The lowest BCUT2D eigenvalue weighted by Crippen LogP contribution is -2.24. The third kappa shape index (κ3) is 2.64. The number of rotatable bonds is 5. The highest BCUT2D eigenvalue weighted by atomic mass is 35.5. The molecule has 0 aliphatic carbocycles. The van der Waals surface area contributed by atoms with Crippen molar-refractivity contribution in [1.29, 1.82) is 0 Å². The maximum Gasteiger partial charge on any atom is 0.422 e. The van der Waals surface area contributed by atoms with Gasteiger partial charge in [-0.3, -0.25) is 0 Å². The second kappa shape index (κ2) is 5.05. The molecule has 0 saturated heterocycles. The van der Waals surface area contributed by atoms with Crippen molar-refractivity contribution in [3.05, 3.63) is 47.7 Å². The van der Waals surface area contributed by atoms with Gasteiger partial charge in [-0.15, -0.1) is 0 Å². The van der Waals surface area contributed by atoms with Gasteiger partial charge < -0.3 is 9.47 Å². The maximum atomic E-state index is 10.2. The standard InChI is InChI=1S/C10H7Cl2O3/c1-2-14-10(12,15-7-13)8-5-3-4-6-9(8)11/h2-6H,1H2. The molecule has 1 radical (unpaired) electrons. The van der Waals surface area contributed by atoms with Crippen LogP contribution in [0.25, 0.3) is 0 Å². The fourth-order valence-electron chi connectivity index (χ4n) is 1.01. The van der Waals surface area contributed by atoms with E-state index in [1.165, 1.54) is 6.47 Å². The van der Waals surface area contributed by atoms with Gasteiger partial charge in [0, 0.05) is 0 Å². The molecule has 0 amide bonds. The minimum absolute atomic E-state index is 0.302. The first kappa shape index (κ1) is 11.9. The Morgan fingerprint density at radius 1 is 1.47 bits per heavy atom. The van der Waals surface area contributed by atoms with Crippen molar-refractivity contribution in [3.63, 3.8) is 0 Å². The minimum atomic E-state index is -1.82. The fraction of sp³-hybridized carbons (Fsp3) is 0.100. The summed E-state index contributed by atoms with van der Waals surface area (Å²) >= 11 is 11.8. The largest absolute Gasteiger partial charge is 0.444 e. The zero-order chi connectivity index (χ0) is 11.3. The number of hydrogen-bond acceptors (Lipinski definition) is 3. The molecule has 0 aliphatic rings. The molecule has 0 saturated carbocycles. The van der Waals surface area contributed by atoms with E-state index in [1.807, 2.05) is 0 Å². The molecule has 0 aromatic heterocycles. The van der Waals surface area contributed by atoms with E-state index in [1.54, 1.807) is 24.3 Å². The molecule has 79 valence electrons. The lowest BCUT2D eigenvalue weighted by molar-refractivity contribution is -0.0878. The minimum Gasteiger partial charge on any atom is -0.444 e. The molecule has 0 spiro atoms. The zero-order valence-electron chi connectivity index (χ0n) is 7.57. The second-order valence-electron chi connectivity index (χ2n) is 2.49. The molecule has 0 bridgehead atoms. The first-order valence-corrected chi connectivity index (χ1v) is 4.67. The molecule has 15 heavy (non-hydrogen) atoms. The lowest BCUT2D eigenvalue weighted by Gasteiger charge is -2.24. The van der Waals surface area contributed by atoms with E-state index < -0.39 is 5.25 Å². The molecule has 0 aliphatic heterocycles. The monoisotopic (exact) mass is 245 g/mol. The summed E-state index contributed by atoms with van der Waals surface area (Å²) in [6.45, 7) is 4.53. The van der Waals surface area contributed by atoms with Crippen LogP contribution in [0.2, 0.25) is 5.02 Å². The molecule has 1 aromatic rings. The van der Waals surface area contributed by atoms with Crippen LogP contribution in [-0.4, -0.2) is 6.47 Å². The van der Waals surface area contributed by atoms with Crippen molar-refractivity contribution < 1.29 is 14.3 Å². The van der Waals surface area contributed by atoms with Gasteiger partial charge in [0.25, 0.3) is 0 Å². The summed E-state index contributed by atoms with van der Waals surface area (Å²) in [6.07, 6.45) is 1.05. The van der Waals surface area contributed by atoms with Gasteiger partial charge >= 0.3 is 11.7 Å². The van der Waals surface area contributed by atoms with Crippen molar-refractivity contribution in [3.8, 4) is 0 Å². The molecule has 5 heteroatoms. The van der Waals surface area contributed by atoms with Gasteiger partial charge in [0.15, 0.2) is 0 Å². The SMILES string of the molecule is C=COC(Cl)(O[C]=O)c1ccccc1Cl. The normalized spacial score (nSPS) is 13.7. The van der Waals surface area contributed by atoms with Gasteiger partial charge in [0.1, 0.15) is 0 Å². The Morgan fingerprint density at radius 3 is 2.67 bits per heavy atom. The van der Waals surface area contributed by atoms with E-state index in [0.717, 1.165) is 6.26 Å². The van der Waals surface area contributed by atoms with Crippen LogP contribution in [0.15, 0.2) is 37.1 Å². The van der Waals surface area contributed by atoms with E-state index >= 15 is 0 Å². The summed E-state index contributed by atoms with van der Waals surface area (Å²) in [6, 6.07) is 6.55. The average Bonchev–Trinajstić information content (AvgIpc) is 2.19. The van der Waals surface area contributed by atoms with Gasteiger partial charge in [-0.05, 0) is 23.7 Å². The predicted molar refractivity (Wildman–Crippen MR) is 57.0 cm³/mol. The van der Waals surface area contributed by atoms with E-state index in [9.17, 15) is 4.79 Å². The Balaban J connectivity index is 3.13. The summed E-state index contributed by atoms with van der Waals surface area (Å²) in [5.74, 6) is 0. The van der Waals surface area contributed by atoms with Crippen LogP contribution in [0, 0.1) is 0 Å². The smallest absolute Gasteiger partial charge is 0.422 e. The topological polar surface area (TPSA) is 35.5 Å². The number of ether oxygens (including phenoxy) is 2. The predicted octanol–water partition coefficient (Wildman–Crippen LogP) is 2.93. The van der Waals surface area contributed by atoms with Crippen LogP contribution in [-0.2, 0) is 19.5 Å². The summed E-state index contributed by atoms with van der Waals surface area (Å²) in [5, 5.41) is -1.51. The first-order chi connectivity index (χ1) is 7.14. The molecule has 1 rings (SSSR count). The molecule has 3 nitrogen and oxygen atoms in total. The van der Waals surface area contributed by atoms with Crippen molar-refractivity contribution in [2.45, 2.75) is 5.25 Å². The molecular formula is C10H7Cl2O3. The first-order valence-electron chi connectivity index (χ1n) is 3.92. The Labute approximate surface area is 97.2 Å². The molecule has 0 heterocycles. The van der Waals surface area contributed by atoms with Gasteiger partial charge in [-0.1, -0.05) is 30.3 Å². The van der Waals surface area contributed by atoms with E-state index in [-0.39, 0.29) is 0 Å². The Morgan fingerprint density at radius 2 is 2.13 bits per heavy atom. The van der Waals surface area contributed by atoms with Crippen LogP contribution < -0.4 is 0 Å². The molecular weight excluding hydrogens is 239 g/mol. The number of carbonyl (C=O) groups excluding carboxylic acids is 1. The maximum absolute atomic E-state index is 10.2. The molecule has 1 atom stereocenters. The molecule has 1 aromatic carbocycles. The van der Waals surface area contributed by atoms with Crippen LogP contribution in [0.3, 0.4) is 0 Å². The molecule has 1 unspecified atom stereocenters. The summed E-state index contributed by atoms with van der Waals surface area (Å²) in [7, 11) is 0. The Bertz CT molecular complexity index is 355. The molecule has 0 N–H and O–H groups in total. The number of benzene rings is 1. The fourth-order valence-corrected chi connectivity index (χ4v) is 1.57. The highest BCUT2D eigenvalue weighted by Gasteiger charge is 2.35. The number of halogens is 2. The van der Waals surface area contributed by atoms with Gasteiger partial charge in [-0.25, -0.2) is 4.79 Å². The van der Waals surface area contributed by atoms with Crippen LogP contribution in [0.5, 0.6) is 0 Å². The third-order valence-electron chi connectivity index (χ3n) is 1.60. The quantitative estimate of drug-likeness (QED) is 0.455. The van der Waals surface area contributed by atoms with Crippen LogP contribution in [0.4, 0.5) is 0 Å². The van der Waals surface area contributed by atoms with E-state index in [2.05, 4.69) is 11.3 Å². The third-order valence-corrected chi connectivity index (χ3v) is 2.30. The van der Waals surface area contributed by atoms with Crippen LogP contribution >= 0.6 is 23.2 Å². The van der Waals surface area contributed by atoms with E-state index in [4.69, 9.17) is 27.9 Å². The van der Waals surface area contributed by atoms with E-state index in [0.29, 0.717) is 10.6 Å². The summed E-state index contributed by atoms with van der Waals surface area (Å²) in [4.78, 5) is 10.2. The van der Waals surface area contributed by atoms with Crippen molar-refractivity contribution >= 4 is 29.7 Å². The Hall–Kier alpha value is -1.19. The van der Waals surface area contributed by atoms with Gasteiger partial charge in [0.05, 0.1) is 16.8 Å². The van der Waals surface area contributed by atoms with Crippen molar-refractivity contribution in [2.24, 2.45) is 0 Å². The lowest BCUT2D eigenvalue weighted by atomic mass is 10.2.